The van der Waals surface area contributed by atoms with Gasteiger partial charge in [0.05, 0.1) is 11.8 Å². The normalized spacial score (nSPS) is 10.7. The van der Waals surface area contributed by atoms with Gasteiger partial charge in [0, 0.05) is 10.6 Å². The minimum absolute atomic E-state index is 0.252. The number of hydrogen-bond donors (Lipinski definition) is 2. The fourth-order valence-corrected chi connectivity index (χ4v) is 2.97. The fraction of sp³-hybridized carbons (Fsp3) is 0.133. The van der Waals surface area contributed by atoms with Crippen LogP contribution in [0.1, 0.15) is 10.4 Å². The first-order valence-electron chi connectivity index (χ1n) is 6.47. The quantitative estimate of drug-likeness (QED) is 0.776. The lowest BCUT2D eigenvalue weighted by Gasteiger charge is -2.07. The summed E-state index contributed by atoms with van der Waals surface area (Å²) in [6.07, 6.45) is 1.81. The summed E-state index contributed by atoms with van der Waals surface area (Å²) in [4.78, 5) is 21.6. The van der Waals surface area contributed by atoms with Crippen molar-refractivity contribution in [2.24, 2.45) is 5.73 Å². The Hall–Kier alpha value is -2.47. The summed E-state index contributed by atoms with van der Waals surface area (Å²) in [5, 5.41) is 4.30. The second kappa shape index (κ2) is 5.49. The van der Waals surface area contributed by atoms with Gasteiger partial charge in [0.1, 0.15) is 17.0 Å². The molecule has 1 amide bonds. The first kappa shape index (κ1) is 13.5. The molecular weight excluding hydrogens is 284 g/mol. The molecule has 106 valence electrons. The van der Waals surface area contributed by atoms with Crippen LogP contribution in [0, 0.1) is 6.92 Å². The Kier molecular flexibility index (Phi) is 3.53. The molecule has 0 aliphatic carbocycles. The van der Waals surface area contributed by atoms with E-state index < -0.39 is 0 Å². The van der Waals surface area contributed by atoms with E-state index in [1.165, 1.54) is 4.88 Å². The minimum Gasteiger partial charge on any atom is -0.369 e. The number of carbonyl (C=O) groups excluding carboxylic acids is 1. The van der Waals surface area contributed by atoms with Crippen molar-refractivity contribution >= 4 is 39.0 Å². The van der Waals surface area contributed by atoms with Crippen molar-refractivity contribution in [2.45, 2.75) is 13.3 Å². The van der Waals surface area contributed by atoms with Crippen LogP contribution >= 0.6 is 11.3 Å². The van der Waals surface area contributed by atoms with Crippen molar-refractivity contribution < 1.29 is 4.79 Å². The van der Waals surface area contributed by atoms with Gasteiger partial charge in [0.25, 0.3) is 0 Å². The van der Waals surface area contributed by atoms with Gasteiger partial charge in [0.15, 0.2) is 0 Å². The molecule has 0 saturated heterocycles. The molecule has 1 aromatic carbocycles. The van der Waals surface area contributed by atoms with E-state index in [1.807, 2.05) is 24.3 Å². The topological polar surface area (TPSA) is 80.9 Å². The van der Waals surface area contributed by atoms with Gasteiger partial charge in [-0.05, 0) is 30.7 Å². The molecule has 0 fully saturated rings. The number of fused-ring (bicyclic) bond motifs is 1. The number of benzene rings is 1. The Morgan fingerprint density at radius 3 is 2.76 bits per heavy atom. The van der Waals surface area contributed by atoms with E-state index in [0.29, 0.717) is 0 Å². The Balaban J connectivity index is 1.86. The van der Waals surface area contributed by atoms with Gasteiger partial charge in [-0.3, -0.25) is 4.79 Å². The molecule has 2 heterocycles. The van der Waals surface area contributed by atoms with Crippen molar-refractivity contribution in [3.8, 4) is 0 Å². The smallest absolute Gasteiger partial charge is 0.221 e. The number of amides is 1. The van der Waals surface area contributed by atoms with Crippen LogP contribution in [0.4, 0.5) is 11.5 Å². The second-order valence-electron chi connectivity index (χ2n) is 4.76. The third-order valence-corrected chi connectivity index (χ3v) is 4.01. The van der Waals surface area contributed by atoms with Crippen LogP contribution in [0.5, 0.6) is 0 Å². The summed E-state index contributed by atoms with van der Waals surface area (Å²) in [5.41, 5.74) is 6.99. The number of nitrogens with zero attached hydrogens (tertiary/aromatic N) is 2. The summed E-state index contributed by atoms with van der Waals surface area (Å²) in [7, 11) is 0. The van der Waals surface area contributed by atoms with Gasteiger partial charge in [-0.2, -0.15) is 0 Å². The third kappa shape index (κ3) is 3.00. The van der Waals surface area contributed by atoms with E-state index in [0.717, 1.165) is 27.3 Å². The van der Waals surface area contributed by atoms with Gasteiger partial charge in [0.2, 0.25) is 5.91 Å². The largest absolute Gasteiger partial charge is 0.369 e. The number of primary amides is 1. The Bertz CT molecular complexity index is 795. The molecule has 0 atom stereocenters. The highest BCUT2D eigenvalue weighted by Gasteiger charge is 2.07. The Morgan fingerprint density at radius 1 is 1.29 bits per heavy atom. The van der Waals surface area contributed by atoms with Crippen molar-refractivity contribution in [2.75, 3.05) is 5.32 Å². The SMILES string of the molecule is Cc1cc2c(Nc3ccc(CC(N)=O)cc3)ncnc2s1. The van der Waals surface area contributed by atoms with Crippen LogP contribution < -0.4 is 11.1 Å². The molecule has 6 heteroatoms. The van der Waals surface area contributed by atoms with Crippen LogP contribution in [0.15, 0.2) is 36.7 Å². The summed E-state index contributed by atoms with van der Waals surface area (Å²) < 4.78 is 0. The van der Waals surface area contributed by atoms with E-state index in [4.69, 9.17) is 5.73 Å². The number of aromatic nitrogens is 2. The lowest BCUT2D eigenvalue weighted by Crippen LogP contribution is -2.13. The molecule has 21 heavy (non-hydrogen) atoms. The predicted octanol–water partition coefficient (Wildman–Crippen LogP) is 2.77. The fourth-order valence-electron chi connectivity index (χ4n) is 2.12. The first-order valence-corrected chi connectivity index (χ1v) is 7.29. The molecule has 3 N–H and O–H groups in total. The maximum atomic E-state index is 10.9. The van der Waals surface area contributed by atoms with E-state index in [1.54, 1.807) is 17.7 Å². The molecule has 0 saturated carbocycles. The molecule has 0 radical (unpaired) electrons. The zero-order valence-corrected chi connectivity index (χ0v) is 12.3. The number of thiophene rings is 1. The highest BCUT2D eigenvalue weighted by molar-refractivity contribution is 7.18. The van der Waals surface area contributed by atoms with Crippen LogP contribution in [0.2, 0.25) is 0 Å². The van der Waals surface area contributed by atoms with Gasteiger partial charge in [-0.1, -0.05) is 12.1 Å². The lowest BCUT2D eigenvalue weighted by molar-refractivity contribution is -0.117. The number of hydrogen-bond acceptors (Lipinski definition) is 5. The minimum atomic E-state index is -0.332. The zero-order chi connectivity index (χ0) is 14.8. The number of anilines is 2. The summed E-state index contributed by atoms with van der Waals surface area (Å²) in [5.74, 6) is 0.453. The van der Waals surface area contributed by atoms with Crippen molar-refractivity contribution in [3.63, 3.8) is 0 Å². The molecular formula is C15H14N4OS. The molecule has 0 unspecified atom stereocenters. The maximum Gasteiger partial charge on any atom is 0.221 e. The molecule has 5 nitrogen and oxygen atoms in total. The average molecular weight is 298 g/mol. The summed E-state index contributed by atoms with van der Waals surface area (Å²) in [6, 6.07) is 9.65. The van der Waals surface area contributed by atoms with E-state index in [2.05, 4.69) is 28.3 Å². The lowest BCUT2D eigenvalue weighted by atomic mass is 10.1. The maximum absolute atomic E-state index is 10.9. The predicted molar refractivity (Wildman–Crippen MR) is 84.8 cm³/mol. The monoisotopic (exact) mass is 298 g/mol. The highest BCUT2D eigenvalue weighted by Crippen LogP contribution is 2.29. The molecule has 0 spiro atoms. The van der Waals surface area contributed by atoms with E-state index >= 15 is 0 Å². The average Bonchev–Trinajstić information content (AvgIpc) is 2.82. The van der Waals surface area contributed by atoms with Gasteiger partial charge in [-0.15, -0.1) is 11.3 Å². The van der Waals surface area contributed by atoms with Crippen molar-refractivity contribution in [1.29, 1.82) is 0 Å². The molecule has 0 aliphatic heterocycles. The highest BCUT2D eigenvalue weighted by atomic mass is 32.1. The second-order valence-corrected chi connectivity index (χ2v) is 6.00. The number of nitrogens with two attached hydrogens (primary N) is 1. The van der Waals surface area contributed by atoms with Gasteiger partial charge >= 0.3 is 0 Å². The van der Waals surface area contributed by atoms with E-state index in [9.17, 15) is 4.79 Å². The van der Waals surface area contributed by atoms with Crippen molar-refractivity contribution in [3.05, 3.63) is 47.1 Å². The molecule has 0 bridgehead atoms. The van der Waals surface area contributed by atoms with Crippen LogP contribution in [-0.4, -0.2) is 15.9 Å². The van der Waals surface area contributed by atoms with E-state index in [-0.39, 0.29) is 12.3 Å². The first-order chi connectivity index (χ1) is 10.1. The van der Waals surface area contributed by atoms with Crippen LogP contribution in [0.25, 0.3) is 10.2 Å². The Morgan fingerprint density at radius 2 is 2.05 bits per heavy atom. The van der Waals surface area contributed by atoms with Gasteiger partial charge < -0.3 is 11.1 Å². The summed E-state index contributed by atoms with van der Waals surface area (Å²) in [6.45, 7) is 2.05. The standard InChI is InChI=1S/C15H14N4OS/c1-9-6-12-14(17-8-18-15(12)21-9)19-11-4-2-10(3-5-11)7-13(16)20/h2-6,8H,7H2,1H3,(H2,16,20)(H,17,18,19). The zero-order valence-electron chi connectivity index (χ0n) is 11.5. The summed E-state index contributed by atoms with van der Waals surface area (Å²) >= 11 is 1.64. The molecule has 0 aliphatic rings. The Labute approximate surface area is 125 Å². The molecule has 3 rings (SSSR count). The molecule has 2 aromatic heterocycles. The number of aryl methyl sites for hydroxylation is 1. The van der Waals surface area contributed by atoms with Crippen LogP contribution in [0.3, 0.4) is 0 Å². The van der Waals surface area contributed by atoms with Crippen molar-refractivity contribution in [1.82, 2.24) is 9.97 Å². The van der Waals surface area contributed by atoms with Crippen LogP contribution in [-0.2, 0) is 11.2 Å². The molecule has 3 aromatic rings. The van der Waals surface area contributed by atoms with Gasteiger partial charge in [-0.25, -0.2) is 9.97 Å². The number of rotatable bonds is 4. The number of nitrogens with one attached hydrogen (secondary N) is 1. The third-order valence-electron chi connectivity index (χ3n) is 3.05. The number of carbonyl (C=O) groups is 1.